The second-order valence-electron chi connectivity index (χ2n) is 4.91. The summed E-state index contributed by atoms with van der Waals surface area (Å²) >= 11 is 5.99. The van der Waals surface area contributed by atoms with Crippen molar-refractivity contribution in [2.24, 2.45) is 0 Å². The van der Waals surface area contributed by atoms with Crippen molar-refractivity contribution in [3.05, 3.63) is 58.9 Å². The molecule has 0 fully saturated rings. The lowest BCUT2D eigenvalue weighted by Gasteiger charge is -2.09. The zero-order valence-corrected chi connectivity index (χ0v) is 13.6. The summed E-state index contributed by atoms with van der Waals surface area (Å²) in [6.07, 6.45) is 0. The summed E-state index contributed by atoms with van der Waals surface area (Å²) in [6.45, 7) is 0.873. The standard InChI is InChI=1S/C17H15ClFNO4/c1-11-6-7-14(12(18)8-11)20-16(21)9-24-17(22)10-23-15-5-3-2-4-13(15)19/h2-8H,9-10H2,1H3,(H,20,21). The van der Waals surface area contributed by atoms with Gasteiger partial charge in [0.05, 0.1) is 10.7 Å². The smallest absolute Gasteiger partial charge is 0.344 e. The zero-order chi connectivity index (χ0) is 17.5. The monoisotopic (exact) mass is 351 g/mol. The normalized spacial score (nSPS) is 10.1. The molecule has 0 heterocycles. The Balaban J connectivity index is 1.77. The number of amides is 1. The summed E-state index contributed by atoms with van der Waals surface area (Å²) < 4.78 is 23.0. The third-order valence-electron chi connectivity index (χ3n) is 2.95. The first-order valence-electron chi connectivity index (χ1n) is 7.04. The number of carbonyl (C=O) groups excluding carboxylic acids is 2. The second kappa shape index (κ2) is 8.31. The predicted octanol–water partition coefficient (Wildman–Crippen LogP) is 3.35. The number of hydrogen-bond donors (Lipinski definition) is 1. The first kappa shape index (κ1) is 17.7. The van der Waals surface area contributed by atoms with E-state index in [4.69, 9.17) is 21.1 Å². The van der Waals surface area contributed by atoms with E-state index in [0.29, 0.717) is 10.7 Å². The number of halogens is 2. The van der Waals surface area contributed by atoms with Crippen LogP contribution in [-0.4, -0.2) is 25.1 Å². The van der Waals surface area contributed by atoms with Gasteiger partial charge in [0, 0.05) is 0 Å². The Hall–Kier alpha value is -2.60. The summed E-state index contributed by atoms with van der Waals surface area (Å²) in [5, 5.41) is 2.91. The molecular formula is C17H15ClFNO4. The largest absolute Gasteiger partial charge is 0.479 e. The summed E-state index contributed by atoms with van der Waals surface area (Å²) in [6, 6.07) is 10.8. The van der Waals surface area contributed by atoms with Crippen LogP contribution in [0.1, 0.15) is 5.56 Å². The minimum atomic E-state index is -0.789. The lowest BCUT2D eigenvalue weighted by Crippen LogP contribution is -2.23. The molecule has 1 amide bonds. The topological polar surface area (TPSA) is 64.6 Å². The van der Waals surface area contributed by atoms with Crippen molar-refractivity contribution in [3.8, 4) is 5.75 Å². The third kappa shape index (κ3) is 5.24. The molecule has 0 saturated carbocycles. The molecule has 2 aromatic rings. The van der Waals surface area contributed by atoms with Gasteiger partial charge in [0.15, 0.2) is 24.8 Å². The van der Waals surface area contributed by atoms with Gasteiger partial charge < -0.3 is 14.8 Å². The van der Waals surface area contributed by atoms with Crippen LogP contribution in [0.5, 0.6) is 5.75 Å². The molecule has 24 heavy (non-hydrogen) atoms. The van der Waals surface area contributed by atoms with Gasteiger partial charge in [-0.3, -0.25) is 4.79 Å². The number of benzene rings is 2. The van der Waals surface area contributed by atoms with E-state index < -0.39 is 30.9 Å². The summed E-state index contributed by atoms with van der Waals surface area (Å²) in [5.41, 5.74) is 1.38. The molecule has 7 heteroatoms. The average Bonchev–Trinajstić information content (AvgIpc) is 2.55. The Morgan fingerprint density at radius 3 is 2.62 bits per heavy atom. The van der Waals surface area contributed by atoms with Gasteiger partial charge in [0.1, 0.15) is 0 Å². The van der Waals surface area contributed by atoms with E-state index in [2.05, 4.69) is 5.32 Å². The Labute approximate surface area is 143 Å². The Morgan fingerprint density at radius 1 is 1.17 bits per heavy atom. The quantitative estimate of drug-likeness (QED) is 0.811. The van der Waals surface area contributed by atoms with Gasteiger partial charge in [0.2, 0.25) is 0 Å². The van der Waals surface area contributed by atoms with Crippen LogP contribution in [0.25, 0.3) is 0 Å². The van der Waals surface area contributed by atoms with Gasteiger partial charge >= 0.3 is 5.97 Å². The fourth-order valence-electron chi connectivity index (χ4n) is 1.79. The average molecular weight is 352 g/mol. The number of carbonyl (C=O) groups is 2. The fourth-order valence-corrected chi connectivity index (χ4v) is 2.08. The van der Waals surface area contributed by atoms with Crippen molar-refractivity contribution in [2.75, 3.05) is 18.5 Å². The number of hydrogen-bond acceptors (Lipinski definition) is 4. The fraction of sp³-hybridized carbons (Fsp3) is 0.176. The Morgan fingerprint density at radius 2 is 1.92 bits per heavy atom. The molecule has 0 aromatic heterocycles. The highest BCUT2D eigenvalue weighted by molar-refractivity contribution is 6.33. The van der Waals surface area contributed by atoms with E-state index in [1.54, 1.807) is 24.3 Å². The minimum absolute atomic E-state index is 0.0645. The van der Waals surface area contributed by atoms with Crippen molar-refractivity contribution in [2.45, 2.75) is 6.92 Å². The van der Waals surface area contributed by atoms with E-state index in [1.807, 2.05) is 6.92 Å². The number of nitrogens with one attached hydrogen (secondary N) is 1. The molecule has 2 aromatic carbocycles. The van der Waals surface area contributed by atoms with Crippen LogP contribution < -0.4 is 10.1 Å². The van der Waals surface area contributed by atoms with Crippen molar-refractivity contribution in [1.29, 1.82) is 0 Å². The van der Waals surface area contributed by atoms with Crippen LogP contribution in [-0.2, 0) is 14.3 Å². The van der Waals surface area contributed by atoms with E-state index in [-0.39, 0.29) is 5.75 Å². The van der Waals surface area contributed by atoms with Crippen LogP contribution in [0.2, 0.25) is 5.02 Å². The Bertz CT molecular complexity index is 751. The van der Waals surface area contributed by atoms with Gasteiger partial charge in [-0.2, -0.15) is 0 Å². The molecule has 0 bridgehead atoms. The maximum atomic E-state index is 13.3. The van der Waals surface area contributed by atoms with E-state index in [9.17, 15) is 14.0 Å². The van der Waals surface area contributed by atoms with E-state index >= 15 is 0 Å². The Kier molecular flexibility index (Phi) is 6.14. The SMILES string of the molecule is Cc1ccc(NC(=O)COC(=O)COc2ccccc2F)c(Cl)c1. The van der Waals surface area contributed by atoms with Gasteiger partial charge in [0.25, 0.3) is 5.91 Å². The molecule has 2 rings (SSSR count). The predicted molar refractivity (Wildman–Crippen MR) is 87.7 cm³/mol. The second-order valence-corrected chi connectivity index (χ2v) is 5.32. The lowest BCUT2D eigenvalue weighted by atomic mass is 10.2. The van der Waals surface area contributed by atoms with Crippen molar-refractivity contribution < 1.29 is 23.5 Å². The van der Waals surface area contributed by atoms with Crippen LogP contribution in [0.15, 0.2) is 42.5 Å². The molecule has 0 aliphatic rings. The zero-order valence-electron chi connectivity index (χ0n) is 12.8. The number of esters is 1. The highest BCUT2D eigenvalue weighted by atomic mass is 35.5. The number of anilines is 1. The van der Waals surface area contributed by atoms with Crippen molar-refractivity contribution >= 4 is 29.2 Å². The highest BCUT2D eigenvalue weighted by Gasteiger charge is 2.11. The molecule has 0 aliphatic heterocycles. The first-order chi connectivity index (χ1) is 11.5. The van der Waals surface area contributed by atoms with Gasteiger partial charge in [-0.1, -0.05) is 29.8 Å². The van der Waals surface area contributed by atoms with Crippen molar-refractivity contribution in [1.82, 2.24) is 0 Å². The first-order valence-corrected chi connectivity index (χ1v) is 7.42. The molecule has 0 aliphatic carbocycles. The van der Waals surface area contributed by atoms with Crippen molar-refractivity contribution in [3.63, 3.8) is 0 Å². The lowest BCUT2D eigenvalue weighted by molar-refractivity contribution is -0.149. The van der Waals surface area contributed by atoms with E-state index in [1.165, 1.54) is 18.2 Å². The number of para-hydroxylation sites is 1. The molecule has 0 saturated heterocycles. The molecule has 0 radical (unpaired) electrons. The minimum Gasteiger partial charge on any atom is -0.479 e. The van der Waals surface area contributed by atoms with Crippen LogP contribution in [0.3, 0.4) is 0 Å². The maximum absolute atomic E-state index is 13.3. The third-order valence-corrected chi connectivity index (χ3v) is 3.26. The molecule has 0 atom stereocenters. The molecule has 0 unspecified atom stereocenters. The van der Waals surface area contributed by atoms with Gasteiger partial charge in [-0.25, -0.2) is 9.18 Å². The van der Waals surface area contributed by atoms with Gasteiger partial charge in [-0.15, -0.1) is 0 Å². The molecule has 126 valence electrons. The molecular weight excluding hydrogens is 337 g/mol. The van der Waals surface area contributed by atoms with Crippen LogP contribution in [0, 0.1) is 12.7 Å². The molecule has 1 N–H and O–H groups in total. The number of ether oxygens (including phenoxy) is 2. The number of rotatable bonds is 6. The van der Waals surface area contributed by atoms with Gasteiger partial charge in [-0.05, 0) is 36.8 Å². The number of aryl methyl sites for hydroxylation is 1. The van der Waals surface area contributed by atoms with Crippen LogP contribution in [0.4, 0.5) is 10.1 Å². The highest BCUT2D eigenvalue weighted by Crippen LogP contribution is 2.22. The summed E-state index contributed by atoms with van der Waals surface area (Å²) in [7, 11) is 0. The van der Waals surface area contributed by atoms with E-state index in [0.717, 1.165) is 5.56 Å². The molecule has 5 nitrogen and oxygen atoms in total. The summed E-state index contributed by atoms with van der Waals surface area (Å²) in [5.74, 6) is -1.98. The summed E-state index contributed by atoms with van der Waals surface area (Å²) in [4.78, 5) is 23.3. The molecule has 0 spiro atoms. The maximum Gasteiger partial charge on any atom is 0.344 e. The van der Waals surface area contributed by atoms with Crippen LogP contribution >= 0.6 is 11.6 Å².